The summed E-state index contributed by atoms with van der Waals surface area (Å²) in [6, 6.07) is 12.9. The Kier molecular flexibility index (Phi) is 13.8. The average Bonchev–Trinajstić information content (AvgIpc) is 3.22. The summed E-state index contributed by atoms with van der Waals surface area (Å²) in [7, 11) is 1.23. The molecule has 0 aliphatic heterocycles. The predicted molar refractivity (Wildman–Crippen MR) is 218 cm³/mol. The highest BCUT2D eigenvalue weighted by Gasteiger charge is 2.34. The first-order chi connectivity index (χ1) is 27.7. The van der Waals surface area contributed by atoms with Crippen LogP contribution in [0.3, 0.4) is 0 Å². The monoisotopic (exact) mass is 836 g/mol. The van der Waals surface area contributed by atoms with Gasteiger partial charge in [-0.3, -0.25) is 14.4 Å². The Labute approximate surface area is 345 Å². The van der Waals surface area contributed by atoms with Crippen molar-refractivity contribution in [3.63, 3.8) is 0 Å². The molecule has 1 atom stereocenters. The van der Waals surface area contributed by atoms with E-state index in [0.29, 0.717) is 11.4 Å². The molecule has 306 valence electrons. The Balaban J connectivity index is 1.08. The van der Waals surface area contributed by atoms with Gasteiger partial charge in [0.1, 0.15) is 12.3 Å². The number of rotatable bonds is 13. The Morgan fingerprint density at radius 1 is 0.914 bits per heavy atom. The number of ether oxygens (including phenoxy) is 1. The van der Waals surface area contributed by atoms with Crippen molar-refractivity contribution in [2.75, 3.05) is 19.0 Å². The van der Waals surface area contributed by atoms with Crippen molar-refractivity contribution < 1.29 is 37.4 Å². The second-order valence-corrected chi connectivity index (χ2v) is 15.8. The lowest BCUT2D eigenvalue weighted by atomic mass is 9.71. The zero-order valence-electron chi connectivity index (χ0n) is 32.3. The van der Waals surface area contributed by atoms with Crippen LogP contribution >= 0.6 is 23.2 Å². The van der Waals surface area contributed by atoms with Gasteiger partial charge in [-0.1, -0.05) is 85.8 Å². The van der Waals surface area contributed by atoms with Crippen LogP contribution in [-0.2, 0) is 28.7 Å². The number of hydrogen-bond donors (Lipinski definition) is 2. The minimum atomic E-state index is -4.73. The lowest BCUT2D eigenvalue weighted by Crippen LogP contribution is -2.35. The molecule has 1 heterocycles. The average molecular weight is 838 g/mol. The summed E-state index contributed by atoms with van der Waals surface area (Å²) in [6.07, 6.45) is 10.8. The summed E-state index contributed by atoms with van der Waals surface area (Å²) < 4.78 is 45.9. The Morgan fingerprint density at radius 2 is 1.62 bits per heavy atom. The van der Waals surface area contributed by atoms with Gasteiger partial charge < -0.3 is 20.1 Å². The van der Waals surface area contributed by atoms with Gasteiger partial charge in [-0.15, -0.1) is 0 Å². The molecule has 9 nitrogen and oxygen atoms in total. The number of allylic oxidation sites excluding steroid dienone is 2. The zero-order valence-corrected chi connectivity index (χ0v) is 33.8. The number of anilines is 1. The normalized spacial score (nSPS) is 18.3. The molecule has 2 amide bonds. The largest absolute Gasteiger partial charge is 0.497 e. The van der Waals surface area contributed by atoms with Crippen molar-refractivity contribution >= 4 is 52.2 Å². The molecule has 3 aromatic carbocycles. The topological polar surface area (TPSA) is 122 Å². The highest BCUT2D eigenvalue weighted by molar-refractivity contribution is 6.45. The van der Waals surface area contributed by atoms with E-state index in [2.05, 4.69) is 28.3 Å². The smallest absolute Gasteiger partial charge is 0.416 e. The summed E-state index contributed by atoms with van der Waals surface area (Å²) in [5.74, 6) is 0.199. The Bertz CT molecular complexity index is 2150. The third-order valence-electron chi connectivity index (χ3n) is 11.4. The predicted octanol–water partition coefficient (Wildman–Crippen LogP) is 10.8. The van der Waals surface area contributed by atoms with Crippen LogP contribution in [0.2, 0.25) is 10.0 Å². The maximum Gasteiger partial charge on any atom is 0.416 e. The molecule has 0 saturated heterocycles. The molecule has 0 radical (unpaired) electrons. The van der Waals surface area contributed by atoms with Crippen molar-refractivity contribution in [2.24, 2.45) is 17.8 Å². The number of nitrogens with zero attached hydrogens (tertiary/aromatic N) is 3. The van der Waals surface area contributed by atoms with Crippen LogP contribution in [0.5, 0.6) is 5.75 Å². The van der Waals surface area contributed by atoms with Crippen LogP contribution in [0.15, 0.2) is 73.1 Å². The summed E-state index contributed by atoms with van der Waals surface area (Å²) >= 11 is 12.9. The van der Waals surface area contributed by atoms with Gasteiger partial charge in [-0.2, -0.15) is 13.2 Å². The van der Waals surface area contributed by atoms with E-state index in [1.54, 1.807) is 24.3 Å². The van der Waals surface area contributed by atoms with Crippen molar-refractivity contribution in [1.29, 1.82) is 0 Å². The number of methoxy groups -OCH3 is 1. The number of aromatic nitrogens is 2. The van der Waals surface area contributed by atoms with Crippen molar-refractivity contribution in [3.8, 4) is 17.1 Å². The van der Waals surface area contributed by atoms with Crippen molar-refractivity contribution in [3.05, 3.63) is 111 Å². The van der Waals surface area contributed by atoms with Gasteiger partial charge >= 0.3 is 12.1 Å². The maximum atomic E-state index is 13.7. The maximum absolute atomic E-state index is 13.7. The minimum Gasteiger partial charge on any atom is -0.497 e. The van der Waals surface area contributed by atoms with Crippen molar-refractivity contribution in [2.45, 2.75) is 77.4 Å². The summed E-state index contributed by atoms with van der Waals surface area (Å²) in [4.78, 5) is 48.7. The summed E-state index contributed by atoms with van der Waals surface area (Å²) in [5, 5.41) is 11.6. The van der Waals surface area contributed by atoms with Gasteiger partial charge in [-0.25, -0.2) is 9.97 Å². The van der Waals surface area contributed by atoms with Crippen LogP contribution in [0, 0.1) is 17.8 Å². The molecule has 1 unspecified atom stereocenters. The van der Waals surface area contributed by atoms with E-state index in [1.165, 1.54) is 69.4 Å². The number of alkyl halides is 3. The van der Waals surface area contributed by atoms with Crippen molar-refractivity contribution in [1.82, 2.24) is 14.9 Å². The van der Waals surface area contributed by atoms with Gasteiger partial charge in [0.15, 0.2) is 5.82 Å². The molecule has 4 aromatic rings. The van der Waals surface area contributed by atoms with Crippen LogP contribution in [-0.4, -0.2) is 51.4 Å². The number of aliphatic carboxylic acids is 1. The molecule has 58 heavy (non-hydrogen) atoms. The molecular weight excluding hydrogens is 792 g/mol. The number of halogens is 5. The Morgan fingerprint density at radius 3 is 2.22 bits per heavy atom. The zero-order chi connectivity index (χ0) is 41.6. The highest BCUT2D eigenvalue weighted by Crippen LogP contribution is 2.42. The minimum absolute atomic E-state index is 0.0181. The quantitative estimate of drug-likeness (QED) is 0.137. The molecule has 1 aromatic heterocycles. The molecular formula is C44H45Cl2F3N4O5. The molecule has 6 rings (SSSR count). The number of benzene rings is 3. The fraction of sp³-hybridized carbons (Fsp3) is 0.386. The number of carbonyl (C=O) groups excluding carboxylic acids is 2. The van der Waals surface area contributed by atoms with Gasteiger partial charge in [0.05, 0.1) is 40.4 Å². The molecule has 1 saturated carbocycles. The summed E-state index contributed by atoms with van der Waals surface area (Å²) in [6.45, 7) is 1.56. The van der Waals surface area contributed by atoms with E-state index in [9.17, 15) is 32.7 Å². The fourth-order valence-corrected chi connectivity index (χ4v) is 8.51. The van der Waals surface area contributed by atoms with E-state index in [1.807, 2.05) is 12.4 Å². The van der Waals surface area contributed by atoms with E-state index < -0.39 is 42.5 Å². The van der Waals surface area contributed by atoms with E-state index in [0.717, 1.165) is 58.8 Å². The van der Waals surface area contributed by atoms with Crippen LogP contribution in [0.4, 0.5) is 18.9 Å². The number of nitrogens with one attached hydrogen (secondary N) is 1. The first-order valence-electron chi connectivity index (χ1n) is 19.4. The number of carboxylic acid groups (broad SMARTS) is 1. The first-order valence-corrected chi connectivity index (χ1v) is 20.1. The fourth-order valence-electron chi connectivity index (χ4n) is 8.05. The Hall–Kier alpha value is -4.94. The SMILES string of the molecule is CCC1CCC(C2CC=C(c3cnc(-c4ccc(CN(CC(=O)O)C(=O)c5ccc(NC(=O)Cc6ccc(OC)cc6C(F)(F)F)c(Cl)c5Cl)cc4)nc3)CC2)CC1. The number of carboxylic acids is 1. The molecule has 14 heteroatoms. The lowest BCUT2D eigenvalue weighted by molar-refractivity contribution is -0.139. The van der Waals surface area contributed by atoms with Crippen LogP contribution in [0.25, 0.3) is 17.0 Å². The van der Waals surface area contributed by atoms with Gasteiger partial charge in [0.2, 0.25) is 5.91 Å². The molecule has 1 fully saturated rings. The van der Waals surface area contributed by atoms with E-state index >= 15 is 0 Å². The standard InChI is InChI=1S/C44H45Cl2F3N4O5/c1-3-26-4-8-28(9-5-26)29-12-14-30(15-13-29)33-22-50-42(51-23-33)31-10-6-27(7-11-31)24-53(25-39(55)56)43(57)35-18-19-37(41(46)40(35)45)52-38(54)20-32-16-17-34(58-2)21-36(32)44(47,48)49/h6-7,10-11,14,16-19,21-23,26,28-29H,3-5,8-9,12-13,15,20,24-25H2,1-2H3,(H,52,54)(H,55,56). The molecule has 2 N–H and O–H groups in total. The lowest BCUT2D eigenvalue weighted by Gasteiger charge is -2.35. The van der Waals surface area contributed by atoms with Gasteiger partial charge in [0.25, 0.3) is 5.91 Å². The van der Waals surface area contributed by atoms with Crippen LogP contribution in [0.1, 0.15) is 90.9 Å². The number of amides is 2. The van der Waals surface area contributed by atoms with Gasteiger partial charge in [0, 0.05) is 30.1 Å². The number of hydrogen-bond acceptors (Lipinski definition) is 6. The third kappa shape index (κ3) is 10.4. The second kappa shape index (κ2) is 18.8. The number of carbonyl (C=O) groups is 3. The third-order valence-corrected chi connectivity index (χ3v) is 12.3. The first kappa shape index (κ1) is 42.7. The molecule has 0 bridgehead atoms. The van der Waals surface area contributed by atoms with Crippen LogP contribution < -0.4 is 10.1 Å². The van der Waals surface area contributed by atoms with Gasteiger partial charge in [-0.05, 0) is 90.8 Å². The molecule has 2 aliphatic carbocycles. The molecule has 2 aliphatic rings. The summed E-state index contributed by atoms with van der Waals surface area (Å²) in [5.41, 5.74) is 2.20. The molecule has 0 spiro atoms. The highest BCUT2D eigenvalue weighted by atomic mass is 35.5. The second-order valence-electron chi connectivity index (χ2n) is 15.0. The van der Waals surface area contributed by atoms with E-state index in [-0.39, 0.29) is 39.2 Å². The van der Waals surface area contributed by atoms with E-state index in [4.69, 9.17) is 27.9 Å².